The van der Waals surface area contributed by atoms with E-state index in [4.69, 9.17) is 20.8 Å². The molecule has 2 rings (SSSR count). The number of carbonyl (C=O) groups excluding carboxylic acids is 1. The van der Waals surface area contributed by atoms with Crippen LogP contribution in [0.5, 0.6) is 5.75 Å². The van der Waals surface area contributed by atoms with Gasteiger partial charge in [-0.3, -0.25) is 4.79 Å². The topological polar surface area (TPSA) is 39.4 Å². The average molecular weight is 265 g/mol. The minimum absolute atomic E-state index is 0.106. The first kappa shape index (κ1) is 12.7. The van der Waals surface area contributed by atoms with E-state index in [0.29, 0.717) is 22.3 Å². The Bertz CT molecular complexity index is 599. The van der Waals surface area contributed by atoms with Gasteiger partial charge in [-0.05, 0) is 36.8 Å². The van der Waals surface area contributed by atoms with Crippen LogP contribution in [0.2, 0.25) is 5.02 Å². The van der Waals surface area contributed by atoms with Crippen molar-refractivity contribution in [3.8, 4) is 17.1 Å². The molecular formula is C14H13ClO3. The predicted octanol–water partition coefficient (Wildman–Crippen LogP) is 4.12. The Kier molecular flexibility index (Phi) is 3.43. The van der Waals surface area contributed by atoms with Gasteiger partial charge in [-0.1, -0.05) is 11.6 Å². The van der Waals surface area contributed by atoms with Crippen molar-refractivity contribution in [3.63, 3.8) is 0 Å². The van der Waals surface area contributed by atoms with E-state index in [1.54, 1.807) is 25.3 Å². The third-order valence-corrected chi connectivity index (χ3v) is 3.11. The Hall–Kier alpha value is -1.74. The van der Waals surface area contributed by atoms with Crippen LogP contribution >= 0.6 is 11.6 Å². The Labute approximate surface area is 110 Å². The van der Waals surface area contributed by atoms with Gasteiger partial charge in [-0.15, -0.1) is 0 Å². The maximum Gasteiger partial charge on any atom is 0.194 e. The first-order valence-corrected chi connectivity index (χ1v) is 5.86. The quantitative estimate of drug-likeness (QED) is 0.783. The number of hydrogen-bond donors (Lipinski definition) is 0. The van der Waals surface area contributed by atoms with E-state index in [2.05, 4.69) is 0 Å². The molecule has 1 aromatic heterocycles. The molecule has 0 spiro atoms. The molecule has 0 saturated carbocycles. The molecule has 0 fully saturated rings. The summed E-state index contributed by atoms with van der Waals surface area (Å²) in [4.78, 5) is 11.2. The van der Waals surface area contributed by atoms with Crippen LogP contribution in [-0.2, 0) is 0 Å². The Morgan fingerprint density at radius 1 is 1.33 bits per heavy atom. The number of methoxy groups -OCH3 is 1. The number of rotatable bonds is 3. The zero-order valence-corrected chi connectivity index (χ0v) is 11.2. The van der Waals surface area contributed by atoms with Gasteiger partial charge in [0, 0.05) is 11.9 Å². The number of ether oxygens (including phenoxy) is 1. The highest BCUT2D eigenvalue weighted by atomic mass is 35.5. The average Bonchev–Trinajstić information content (AvgIpc) is 2.81. The summed E-state index contributed by atoms with van der Waals surface area (Å²) in [5.74, 6) is 1.44. The number of ketones is 1. The largest absolute Gasteiger partial charge is 0.496 e. The first-order valence-electron chi connectivity index (χ1n) is 5.48. The van der Waals surface area contributed by atoms with E-state index in [0.717, 1.165) is 11.1 Å². The highest BCUT2D eigenvalue weighted by Gasteiger charge is 2.14. The van der Waals surface area contributed by atoms with E-state index in [1.807, 2.05) is 13.0 Å². The van der Waals surface area contributed by atoms with Gasteiger partial charge in [0.15, 0.2) is 11.5 Å². The van der Waals surface area contributed by atoms with Crippen LogP contribution in [0.1, 0.15) is 23.0 Å². The summed E-state index contributed by atoms with van der Waals surface area (Å²) in [5, 5.41) is 0.633. The second-order valence-electron chi connectivity index (χ2n) is 4.02. The Morgan fingerprint density at radius 3 is 2.61 bits per heavy atom. The lowest BCUT2D eigenvalue weighted by atomic mass is 10.1. The number of Topliss-reactive ketones (excluding diaryl/α,β-unsaturated/α-hetero) is 1. The van der Waals surface area contributed by atoms with Crippen LogP contribution in [0.4, 0.5) is 0 Å². The molecule has 18 heavy (non-hydrogen) atoms. The van der Waals surface area contributed by atoms with Gasteiger partial charge >= 0.3 is 0 Å². The Balaban J connectivity index is 2.55. The normalized spacial score (nSPS) is 10.4. The van der Waals surface area contributed by atoms with Gasteiger partial charge in [-0.2, -0.15) is 0 Å². The molecule has 2 aromatic rings. The van der Waals surface area contributed by atoms with Crippen molar-refractivity contribution >= 4 is 17.4 Å². The number of furan rings is 1. The fourth-order valence-electron chi connectivity index (χ4n) is 1.70. The zero-order valence-electron chi connectivity index (χ0n) is 10.4. The molecule has 0 aliphatic rings. The molecule has 1 heterocycles. The van der Waals surface area contributed by atoms with E-state index in [-0.39, 0.29) is 5.78 Å². The summed E-state index contributed by atoms with van der Waals surface area (Å²) in [7, 11) is 1.57. The lowest BCUT2D eigenvalue weighted by molar-refractivity contribution is 0.0988. The standard InChI is InChI=1S/C14H13ClO3/c1-8-6-10(14(17-3)7-11(8)15)13-5-4-12(18-13)9(2)16/h4-7H,1-3H3. The SMILES string of the molecule is COc1cc(Cl)c(C)cc1-c1ccc(C(C)=O)o1. The van der Waals surface area contributed by atoms with Crippen molar-refractivity contribution in [3.05, 3.63) is 40.6 Å². The summed E-state index contributed by atoms with van der Waals surface area (Å²) in [6, 6.07) is 7.02. The van der Waals surface area contributed by atoms with E-state index < -0.39 is 0 Å². The van der Waals surface area contributed by atoms with Crippen molar-refractivity contribution in [2.75, 3.05) is 7.11 Å². The molecule has 0 unspecified atom stereocenters. The summed E-state index contributed by atoms with van der Waals surface area (Å²) < 4.78 is 10.8. The van der Waals surface area contributed by atoms with E-state index >= 15 is 0 Å². The molecule has 0 aliphatic carbocycles. The number of carbonyl (C=O) groups is 1. The van der Waals surface area contributed by atoms with Crippen LogP contribution in [-0.4, -0.2) is 12.9 Å². The zero-order chi connectivity index (χ0) is 13.3. The van der Waals surface area contributed by atoms with E-state index in [1.165, 1.54) is 6.92 Å². The Morgan fingerprint density at radius 2 is 2.06 bits per heavy atom. The first-order chi connectivity index (χ1) is 8.52. The lowest BCUT2D eigenvalue weighted by Crippen LogP contribution is -1.90. The monoisotopic (exact) mass is 264 g/mol. The summed E-state index contributed by atoms with van der Waals surface area (Å²) in [6.45, 7) is 3.37. The molecule has 3 nitrogen and oxygen atoms in total. The maximum absolute atomic E-state index is 11.2. The highest BCUT2D eigenvalue weighted by molar-refractivity contribution is 6.31. The van der Waals surface area contributed by atoms with Crippen molar-refractivity contribution in [2.45, 2.75) is 13.8 Å². The van der Waals surface area contributed by atoms with Gasteiger partial charge in [0.1, 0.15) is 11.5 Å². The molecule has 0 amide bonds. The molecule has 94 valence electrons. The van der Waals surface area contributed by atoms with Gasteiger partial charge < -0.3 is 9.15 Å². The van der Waals surface area contributed by atoms with Crippen molar-refractivity contribution in [1.29, 1.82) is 0 Å². The van der Waals surface area contributed by atoms with Crippen molar-refractivity contribution < 1.29 is 13.9 Å². The van der Waals surface area contributed by atoms with E-state index in [9.17, 15) is 4.79 Å². The summed E-state index contributed by atoms with van der Waals surface area (Å²) in [5.41, 5.74) is 1.71. The molecule has 0 radical (unpaired) electrons. The molecule has 4 heteroatoms. The minimum atomic E-state index is -0.106. The molecular weight excluding hydrogens is 252 g/mol. The van der Waals surface area contributed by atoms with Crippen LogP contribution in [0.25, 0.3) is 11.3 Å². The second-order valence-corrected chi connectivity index (χ2v) is 4.43. The van der Waals surface area contributed by atoms with Gasteiger partial charge in [0.2, 0.25) is 0 Å². The smallest absolute Gasteiger partial charge is 0.194 e. The van der Waals surface area contributed by atoms with Crippen LogP contribution in [0, 0.1) is 6.92 Å². The third-order valence-electron chi connectivity index (χ3n) is 2.70. The minimum Gasteiger partial charge on any atom is -0.496 e. The fraction of sp³-hybridized carbons (Fsp3) is 0.214. The number of halogens is 1. The fourth-order valence-corrected chi connectivity index (χ4v) is 1.85. The second kappa shape index (κ2) is 4.86. The molecule has 0 aliphatic heterocycles. The number of hydrogen-bond acceptors (Lipinski definition) is 3. The van der Waals surface area contributed by atoms with Crippen molar-refractivity contribution in [2.24, 2.45) is 0 Å². The summed E-state index contributed by atoms with van der Waals surface area (Å²) in [6.07, 6.45) is 0. The number of aryl methyl sites for hydroxylation is 1. The highest BCUT2D eigenvalue weighted by Crippen LogP contribution is 2.35. The molecule has 0 saturated heterocycles. The molecule has 0 N–H and O–H groups in total. The molecule has 1 aromatic carbocycles. The maximum atomic E-state index is 11.2. The van der Waals surface area contributed by atoms with Gasteiger partial charge in [-0.25, -0.2) is 0 Å². The third kappa shape index (κ3) is 2.27. The van der Waals surface area contributed by atoms with Gasteiger partial charge in [0.25, 0.3) is 0 Å². The lowest BCUT2D eigenvalue weighted by Gasteiger charge is -2.08. The summed E-state index contributed by atoms with van der Waals surface area (Å²) >= 11 is 6.04. The predicted molar refractivity (Wildman–Crippen MR) is 70.4 cm³/mol. The van der Waals surface area contributed by atoms with Gasteiger partial charge in [0.05, 0.1) is 12.7 Å². The van der Waals surface area contributed by atoms with Crippen molar-refractivity contribution in [1.82, 2.24) is 0 Å². The molecule has 0 atom stereocenters. The number of benzene rings is 1. The van der Waals surface area contributed by atoms with Crippen LogP contribution < -0.4 is 4.74 Å². The molecule has 0 bridgehead atoms. The van der Waals surface area contributed by atoms with Crippen LogP contribution in [0.15, 0.2) is 28.7 Å². The van der Waals surface area contributed by atoms with Crippen LogP contribution in [0.3, 0.4) is 0 Å².